The fraction of sp³-hybridized carbons (Fsp3) is 0.744. The smallest absolute Gasteiger partial charge is 0.472 e. The van der Waals surface area contributed by atoms with Crippen LogP contribution in [0.1, 0.15) is 174 Å². The van der Waals surface area contributed by atoms with Crippen LogP contribution in [0.25, 0.3) is 0 Å². The van der Waals surface area contributed by atoms with Crippen molar-refractivity contribution in [2.75, 3.05) is 26.4 Å². The second-order valence-electron chi connectivity index (χ2n) is 13.6. The SMILES string of the molecule is CCCCCC=CCC=CCC=CCC=CCCCCCC(=O)O[C@H](COC=CCCCCCCCCCCCCCC)COP(=O)(O)OCCN. The number of carbonyl (C=O) groups is 1. The van der Waals surface area contributed by atoms with Gasteiger partial charge < -0.3 is 20.1 Å². The molecule has 0 spiro atoms. The fourth-order valence-electron chi connectivity index (χ4n) is 5.42. The molecule has 0 aromatic heterocycles. The highest BCUT2D eigenvalue weighted by Gasteiger charge is 2.25. The van der Waals surface area contributed by atoms with Gasteiger partial charge in [0.2, 0.25) is 0 Å². The van der Waals surface area contributed by atoms with Crippen LogP contribution in [0.3, 0.4) is 0 Å². The third-order valence-corrected chi connectivity index (χ3v) is 9.49. The molecular weight excluding hydrogens is 673 g/mol. The van der Waals surface area contributed by atoms with Gasteiger partial charge in [-0.25, -0.2) is 4.57 Å². The van der Waals surface area contributed by atoms with Crippen molar-refractivity contribution >= 4 is 13.8 Å². The second kappa shape index (κ2) is 40.2. The molecule has 0 heterocycles. The molecule has 0 aromatic rings. The molecule has 0 aliphatic heterocycles. The minimum absolute atomic E-state index is 0.0175. The Hall–Kier alpha value is -1.96. The number of phosphoric acid groups is 1. The van der Waals surface area contributed by atoms with E-state index < -0.39 is 13.9 Å². The van der Waals surface area contributed by atoms with Crippen LogP contribution in [0.5, 0.6) is 0 Å². The molecule has 9 heteroatoms. The van der Waals surface area contributed by atoms with E-state index in [4.69, 9.17) is 24.3 Å². The van der Waals surface area contributed by atoms with Crippen LogP contribution in [0.15, 0.2) is 60.9 Å². The van der Waals surface area contributed by atoms with Gasteiger partial charge in [0.15, 0.2) is 6.10 Å². The summed E-state index contributed by atoms with van der Waals surface area (Å²) in [7, 11) is -4.30. The summed E-state index contributed by atoms with van der Waals surface area (Å²) in [6.07, 6.45) is 49.0. The van der Waals surface area contributed by atoms with Crippen LogP contribution >= 0.6 is 7.82 Å². The van der Waals surface area contributed by atoms with Crippen molar-refractivity contribution in [2.45, 2.75) is 180 Å². The maximum Gasteiger partial charge on any atom is 0.472 e. The molecule has 52 heavy (non-hydrogen) atoms. The van der Waals surface area contributed by atoms with Crippen molar-refractivity contribution in [1.29, 1.82) is 0 Å². The van der Waals surface area contributed by atoms with Gasteiger partial charge in [-0.2, -0.15) is 0 Å². The molecule has 0 radical (unpaired) electrons. The summed E-state index contributed by atoms with van der Waals surface area (Å²) >= 11 is 0. The van der Waals surface area contributed by atoms with Crippen molar-refractivity contribution in [3.63, 3.8) is 0 Å². The number of hydrogen-bond donors (Lipinski definition) is 2. The lowest BCUT2D eigenvalue weighted by atomic mass is 10.0. The molecule has 0 aliphatic carbocycles. The Morgan fingerprint density at radius 3 is 1.58 bits per heavy atom. The van der Waals surface area contributed by atoms with Gasteiger partial charge in [-0.05, 0) is 70.3 Å². The largest absolute Gasteiger partial charge is 0.498 e. The maximum atomic E-state index is 12.5. The van der Waals surface area contributed by atoms with Gasteiger partial charge in [0, 0.05) is 13.0 Å². The lowest BCUT2D eigenvalue weighted by Crippen LogP contribution is -2.27. The minimum atomic E-state index is -4.30. The fourth-order valence-corrected chi connectivity index (χ4v) is 6.18. The van der Waals surface area contributed by atoms with Gasteiger partial charge in [-0.3, -0.25) is 13.8 Å². The summed E-state index contributed by atoms with van der Waals surface area (Å²) < 4.78 is 33.1. The molecule has 0 saturated heterocycles. The summed E-state index contributed by atoms with van der Waals surface area (Å²) in [5.74, 6) is -0.383. The van der Waals surface area contributed by atoms with Crippen molar-refractivity contribution in [3.8, 4) is 0 Å². The van der Waals surface area contributed by atoms with E-state index >= 15 is 0 Å². The number of allylic oxidation sites excluding steroid dienone is 9. The van der Waals surface area contributed by atoms with Crippen molar-refractivity contribution in [1.82, 2.24) is 0 Å². The number of ether oxygens (including phenoxy) is 2. The molecule has 0 amide bonds. The number of esters is 1. The number of carbonyl (C=O) groups excluding carboxylic acids is 1. The average molecular weight is 752 g/mol. The Bertz CT molecular complexity index is 979. The quantitative estimate of drug-likeness (QED) is 0.0210. The molecule has 1 unspecified atom stereocenters. The van der Waals surface area contributed by atoms with Crippen molar-refractivity contribution in [2.24, 2.45) is 5.73 Å². The Morgan fingerprint density at radius 2 is 1.04 bits per heavy atom. The highest BCUT2D eigenvalue weighted by Crippen LogP contribution is 2.43. The van der Waals surface area contributed by atoms with E-state index in [1.54, 1.807) is 6.26 Å². The maximum absolute atomic E-state index is 12.5. The van der Waals surface area contributed by atoms with E-state index in [-0.39, 0.29) is 38.8 Å². The molecule has 0 rings (SSSR count). The summed E-state index contributed by atoms with van der Waals surface area (Å²) in [4.78, 5) is 22.4. The standard InChI is InChI=1S/C43H78NO7P/c1-3-5-7-9-11-13-15-17-19-20-21-22-23-24-26-28-30-32-34-36-43(45)51-42(41-50-52(46,47)49-39-37-44)40-48-38-35-33-31-29-27-25-18-16-14-12-10-8-6-4-2/h11,13,17,19,21-22,24,26,35,38,42H,3-10,12,14-16,18,20,23,25,27-34,36-37,39-41,44H2,1-2H3,(H,46,47)/t42-/m1/s1. The lowest BCUT2D eigenvalue weighted by molar-refractivity contribution is -0.153. The first kappa shape index (κ1) is 50.0. The highest BCUT2D eigenvalue weighted by atomic mass is 31.2. The average Bonchev–Trinajstić information content (AvgIpc) is 3.13. The van der Waals surface area contributed by atoms with Gasteiger partial charge in [-0.15, -0.1) is 0 Å². The topological polar surface area (TPSA) is 117 Å². The predicted molar refractivity (Wildman–Crippen MR) is 219 cm³/mol. The Morgan fingerprint density at radius 1 is 0.596 bits per heavy atom. The van der Waals surface area contributed by atoms with Crippen LogP contribution < -0.4 is 5.73 Å². The number of hydrogen-bond acceptors (Lipinski definition) is 7. The molecule has 0 aliphatic rings. The van der Waals surface area contributed by atoms with Gasteiger partial charge in [0.05, 0.1) is 19.5 Å². The summed E-state index contributed by atoms with van der Waals surface area (Å²) in [6.45, 7) is 4.16. The normalized spacial score (nSPS) is 14.1. The van der Waals surface area contributed by atoms with Gasteiger partial charge in [0.1, 0.15) is 6.61 Å². The van der Waals surface area contributed by atoms with Gasteiger partial charge in [0.25, 0.3) is 0 Å². The monoisotopic (exact) mass is 752 g/mol. The zero-order valence-electron chi connectivity index (χ0n) is 33.3. The van der Waals surface area contributed by atoms with E-state index in [2.05, 4.69) is 62.5 Å². The van der Waals surface area contributed by atoms with Crippen LogP contribution in [0.2, 0.25) is 0 Å². The van der Waals surface area contributed by atoms with E-state index in [0.717, 1.165) is 51.4 Å². The Kier molecular flexibility index (Phi) is 38.7. The van der Waals surface area contributed by atoms with Gasteiger partial charge >= 0.3 is 13.8 Å². The van der Waals surface area contributed by atoms with E-state index in [9.17, 15) is 14.3 Å². The van der Waals surface area contributed by atoms with Crippen LogP contribution in [0, 0.1) is 0 Å². The molecule has 0 aromatic carbocycles. The summed E-state index contributed by atoms with van der Waals surface area (Å²) in [6, 6.07) is 0. The van der Waals surface area contributed by atoms with E-state index in [0.29, 0.717) is 6.42 Å². The second-order valence-corrected chi connectivity index (χ2v) is 15.0. The molecule has 3 N–H and O–H groups in total. The first-order valence-electron chi connectivity index (χ1n) is 20.8. The number of rotatable bonds is 39. The number of nitrogens with two attached hydrogens (primary N) is 1. The Balaban J connectivity index is 4.19. The van der Waals surface area contributed by atoms with Crippen LogP contribution in [-0.4, -0.2) is 43.3 Å². The van der Waals surface area contributed by atoms with Crippen LogP contribution in [0.4, 0.5) is 0 Å². The third-order valence-electron chi connectivity index (χ3n) is 8.50. The molecular formula is C43H78NO7P. The molecule has 0 fully saturated rings. The lowest BCUT2D eigenvalue weighted by Gasteiger charge is -2.19. The van der Waals surface area contributed by atoms with Gasteiger partial charge in [-0.1, -0.05) is 152 Å². The van der Waals surface area contributed by atoms with Crippen molar-refractivity contribution < 1.29 is 32.8 Å². The molecule has 2 atom stereocenters. The summed E-state index contributed by atoms with van der Waals surface area (Å²) in [5.41, 5.74) is 5.35. The number of unbranched alkanes of at least 4 members (excludes halogenated alkanes) is 18. The van der Waals surface area contributed by atoms with E-state index in [1.807, 2.05) is 6.08 Å². The summed E-state index contributed by atoms with van der Waals surface area (Å²) in [5, 5.41) is 0. The molecule has 0 saturated carbocycles. The third kappa shape index (κ3) is 39.3. The minimum Gasteiger partial charge on any atom is -0.498 e. The molecule has 302 valence electrons. The Labute approximate surface area is 319 Å². The molecule has 8 nitrogen and oxygen atoms in total. The van der Waals surface area contributed by atoms with Crippen LogP contribution in [-0.2, 0) is 27.9 Å². The zero-order valence-corrected chi connectivity index (χ0v) is 34.2. The van der Waals surface area contributed by atoms with Crippen molar-refractivity contribution in [3.05, 3.63) is 60.9 Å². The predicted octanol–water partition coefficient (Wildman–Crippen LogP) is 12.5. The first-order chi connectivity index (χ1) is 25.4. The zero-order chi connectivity index (χ0) is 38.1. The molecule has 0 bridgehead atoms. The first-order valence-corrected chi connectivity index (χ1v) is 22.3. The van der Waals surface area contributed by atoms with E-state index in [1.165, 1.54) is 96.3 Å². The number of phosphoric ester groups is 1. The highest BCUT2D eigenvalue weighted by molar-refractivity contribution is 7.47.